The van der Waals surface area contributed by atoms with Crippen molar-refractivity contribution in [2.24, 2.45) is 16.8 Å². The molecule has 35 heavy (non-hydrogen) atoms. The van der Waals surface area contributed by atoms with E-state index in [1.165, 1.54) is 12.3 Å². The van der Waals surface area contributed by atoms with Crippen molar-refractivity contribution in [1.29, 1.82) is 0 Å². The van der Waals surface area contributed by atoms with Crippen LogP contribution < -0.4 is 14.4 Å². The van der Waals surface area contributed by atoms with Crippen molar-refractivity contribution in [3.05, 3.63) is 47.0 Å². The van der Waals surface area contributed by atoms with Crippen LogP contribution in [0.3, 0.4) is 0 Å². The van der Waals surface area contributed by atoms with Gasteiger partial charge < -0.3 is 9.64 Å². The molecule has 1 amide bonds. The Morgan fingerprint density at radius 3 is 2.49 bits per heavy atom. The van der Waals surface area contributed by atoms with Gasteiger partial charge >= 0.3 is 0 Å². The molecular weight excluding hydrogens is 466 g/mol. The number of carbonyl (C=O) groups excluding carboxylic acids is 1. The number of carbonyl (C=O) groups is 1. The maximum Gasteiger partial charge on any atom is 0.268 e. The zero-order valence-corrected chi connectivity index (χ0v) is 21.2. The molecule has 9 nitrogen and oxygen atoms in total. The second kappa shape index (κ2) is 10.2. The molecule has 0 aromatic carbocycles. The van der Waals surface area contributed by atoms with E-state index in [0.717, 1.165) is 25.1 Å². The zero-order valence-electron chi connectivity index (χ0n) is 20.4. The molecule has 0 bridgehead atoms. The monoisotopic (exact) mass is 497 g/mol. The van der Waals surface area contributed by atoms with Gasteiger partial charge in [-0.25, -0.2) is 23.1 Å². The van der Waals surface area contributed by atoms with Gasteiger partial charge in [0, 0.05) is 37.1 Å². The number of ether oxygens (including phenoxy) is 1. The van der Waals surface area contributed by atoms with Crippen LogP contribution in [0, 0.1) is 11.8 Å². The third kappa shape index (κ3) is 5.87. The van der Waals surface area contributed by atoms with Crippen LogP contribution in [0.5, 0.6) is 5.88 Å². The van der Waals surface area contributed by atoms with Gasteiger partial charge in [0.05, 0.1) is 28.8 Å². The smallest absolute Gasteiger partial charge is 0.268 e. The van der Waals surface area contributed by atoms with Gasteiger partial charge in [0.2, 0.25) is 5.88 Å². The quantitative estimate of drug-likeness (QED) is 0.623. The number of hydrogen-bond acceptors (Lipinski definition) is 8. The molecule has 2 aromatic heterocycles. The average Bonchev–Trinajstić information content (AvgIpc) is 3.34. The Morgan fingerprint density at radius 2 is 1.89 bits per heavy atom. The van der Waals surface area contributed by atoms with Crippen molar-refractivity contribution in [3.63, 3.8) is 0 Å². The van der Waals surface area contributed by atoms with Gasteiger partial charge in [0.25, 0.3) is 15.9 Å². The predicted octanol–water partition coefficient (Wildman–Crippen LogP) is 3.44. The molecule has 0 saturated carbocycles. The number of aliphatic imine (C=N–C) groups is 1. The Bertz CT molecular complexity index is 1250. The lowest BCUT2D eigenvalue weighted by Crippen LogP contribution is -2.41. The first-order valence-electron chi connectivity index (χ1n) is 11.8. The number of hydrogen-bond donors (Lipinski definition) is 1. The predicted molar refractivity (Wildman–Crippen MR) is 136 cm³/mol. The van der Waals surface area contributed by atoms with Crippen molar-refractivity contribution in [3.8, 4) is 17.1 Å². The molecule has 1 saturated heterocycles. The summed E-state index contributed by atoms with van der Waals surface area (Å²) < 4.78 is 33.2. The molecule has 1 N–H and O–H groups in total. The first-order valence-corrected chi connectivity index (χ1v) is 13.3. The van der Waals surface area contributed by atoms with E-state index in [2.05, 4.69) is 33.4 Å². The number of allylic oxidation sites excluding steroid dienone is 1. The lowest BCUT2D eigenvalue weighted by Gasteiger charge is -2.36. The first-order chi connectivity index (χ1) is 16.6. The molecule has 2 atom stereocenters. The molecule has 1 fully saturated rings. The summed E-state index contributed by atoms with van der Waals surface area (Å²) in [7, 11) is -3.99. The fourth-order valence-corrected chi connectivity index (χ4v) is 5.42. The van der Waals surface area contributed by atoms with Crippen LogP contribution in [0.1, 0.15) is 44.5 Å². The zero-order chi connectivity index (χ0) is 25.2. The van der Waals surface area contributed by atoms with Gasteiger partial charge in [0.1, 0.15) is 5.82 Å². The van der Waals surface area contributed by atoms with E-state index < -0.39 is 15.9 Å². The highest BCUT2D eigenvalue weighted by molar-refractivity contribution is 7.94. The minimum absolute atomic E-state index is 0.0155. The molecule has 2 aliphatic heterocycles. The number of piperidine rings is 1. The second-order valence-electron chi connectivity index (χ2n) is 9.53. The highest BCUT2D eigenvalue weighted by atomic mass is 32.2. The van der Waals surface area contributed by atoms with Crippen LogP contribution in [0.25, 0.3) is 11.3 Å². The van der Waals surface area contributed by atoms with Crippen molar-refractivity contribution >= 4 is 28.0 Å². The lowest BCUT2D eigenvalue weighted by molar-refractivity contribution is 0.0981. The highest BCUT2D eigenvalue weighted by Crippen LogP contribution is 2.30. The number of anilines is 1. The van der Waals surface area contributed by atoms with Crippen LogP contribution in [-0.4, -0.2) is 56.2 Å². The van der Waals surface area contributed by atoms with Gasteiger partial charge in [-0.3, -0.25) is 9.79 Å². The van der Waals surface area contributed by atoms with Crippen LogP contribution in [-0.2, 0) is 10.0 Å². The van der Waals surface area contributed by atoms with Crippen molar-refractivity contribution in [1.82, 2.24) is 14.7 Å². The van der Waals surface area contributed by atoms with E-state index in [-0.39, 0.29) is 23.1 Å². The summed E-state index contributed by atoms with van der Waals surface area (Å²) in [5, 5.41) is 0. The molecule has 0 radical (unpaired) electrons. The summed E-state index contributed by atoms with van der Waals surface area (Å²) in [5.74, 6) is 1.11. The standard InChI is InChI=1S/C25H31N5O4S/c1-16(2)34-23-8-5-19(12-27-23)22-7-6-21(24(28-22)30-14-17(3)11-18(4)15-30)25(31)29-35(32,33)20-9-10-26-13-20/h5-10,12,16-18H,11,13-15H2,1-4H3,(H,29,31). The number of amides is 1. The molecule has 10 heteroatoms. The van der Waals surface area contributed by atoms with Crippen LogP contribution in [0.2, 0.25) is 0 Å². The molecule has 2 aromatic rings. The van der Waals surface area contributed by atoms with E-state index >= 15 is 0 Å². The van der Waals surface area contributed by atoms with Gasteiger partial charge in [-0.2, -0.15) is 0 Å². The maximum absolute atomic E-state index is 13.2. The summed E-state index contributed by atoms with van der Waals surface area (Å²) >= 11 is 0. The minimum atomic E-state index is -3.99. The van der Waals surface area contributed by atoms with E-state index in [1.54, 1.807) is 24.4 Å². The highest BCUT2D eigenvalue weighted by Gasteiger charge is 2.29. The topological polar surface area (TPSA) is 114 Å². The van der Waals surface area contributed by atoms with Crippen molar-refractivity contribution in [2.75, 3.05) is 24.5 Å². The summed E-state index contributed by atoms with van der Waals surface area (Å²) in [6.07, 6.45) is 5.60. The normalized spacial score (nSPS) is 20.1. The second-order valence-corrected chi connectivity index (χ2v) is 11.3. The van der Waals surface area contributed by atoms with Crippen LogP contribution in [0.4, 0.5) is 5.82 Å². The molecular formula is C25H31N5O4S. The minimum Gasteiger partial charge on any atom is -0.475 e. The summed E-state index contributed by atoms with van der Waals surface area (Å²) in [6.45, 7) is 9.69. The maximum atomic E-state index is 13.2. The number of nitrogens with zero attached hydrogens (tertiary/aromatic N) is 4. The van der Waals surface area contributed by atoms with Crippen molar-refractivity contribution in [2.45, 2.75) is 40.2 Å². The summed E-state index contributed by atoms with van der Waals surface area (Å²) in [6, 6.07) is 6.99. The molecule has 2 aliphatic rings. The number of rotatable bonds is 7. The number of nitrogens with one attached hydrogen (secondary N) is 1. The van der Waals surface area contributed by atoms with Gasteiger partial charge in [-0.15, -0.1) is 0 Å². The van der Waals surface area contributed by atoms with Gasteiger partial charge in [-0.1, -0.05) is 13.8 Å². The third-order valence-electron chi connectivity index (χ3n) is 5.86. The Balaban J connectivity index is 1.68. The molecule has 0 spiro atoms. The molecule has 186 valence electrons. The van der Waals surface area contributed by atoms with Crippen molar-refractivity contribution < 1.29 is 17.9 Å². The van der Waals surface area contributed by atoms with E-state index in [1.807, 2.05) is 19.9 Å². The lowest BCUT2D eigenvalue weighted by atomic mass is 9.91. The van der Waals surface area contributed by atoms with E-state index in [9.17, 15) is 13.2 Å². The van der Waals surface area contributed by atoms with E-state index in [4.69, 9.17) is 9.72 Å². The number of aromatic nitrogens is 2. The molecule has 4 rings (SSSR count). The van der Waals surface area contributed by atoms with Gasteiger partial charge in [0.15, 0.2) is 0 Å². The van der Waals surface area contributed by atoms with Crippen LogP contribution in [0.15, 0.2) is 46.4 Å². The fourth-order valence-electron chi connectivity index (χ4n) is 4.45. The SMILES string of the molecule is CC1CC(C)CN(c2nc(-c3ccc(OC(C)C)nc3)ccc2C(=O)NS(=O)(=O)C2=CC=NC2)C1. The average molecular weight is 498 g/mol. The summed E-state index contributed by atoms with van der Waals surface area (Å²) in [4.78, 5) is 28.4. The largest absolute Gasteiger partial charge is 0.475 e. The molecule has 4 heterocycles. The molecule has 0 aliphatic carbocycles. The molecule has 2 unspecified atom stereocenters. The first kappa shape index (κ1) is 24.8. The third-order valence-corrected chi connectivity index (χ3v) is 7.27. The number of sulfonamides is 1. The fraction of sp³-hybridized carbons (Fsp3) is 0.440. The Morgan fingerprint density at radius 1 is 1.14 bits per heavy atom. The number of pyridine rings is 2. The van der Waals surface area contributed by atoms with E-state index in [0.29, 0.717) is 29.2 Å². The van der Waals surface area contributed by atoms with Crippen LogP contribution >= 0.6 is 0 Å². The Kier molecular flexibility index (Phi) is 7.20. The Labute approximate surface area is 206 Å². The Hall–Kier alpha value is -3.27. The summed E-state index contributed by atoms with van der Waals surface area (Å²) in [5.41, 5.74) is 1.62. The van der Waals surface area contributed by atoms with Gasteiger partial charge in [-0.05, 0) is 56.4 Å².